The number of hydrogen-bond acceptors (Lipinski definition) is 2. The molecule has 1 N–H and O–H groups in total. The van der Waals surface area contributed by atoms with E-state index in [4.69, 9.17) is 0 Å². The number of hydrogen-bond donors (Lipinski definition) is 1. The van der Waals surface area contributed by atoms with Gasteiger partial charge in [0.15, 0.2) is 0 Å². The summed E-state index contributed by atoms with van der Waals surface area (Å²) >= 11 is 0. The molecule has 0 radical (unpaired) electrons. The SMILES string of the molecule is CCCC(C)CNc1ccccc1C(=O)N(C)C. The first-order valence-corrected chi connectivity index (χ1v) is 6.60. The monoisotopic (exact) mass is 248 g/mol. The van der Waals surface area contributed by atoms with E-state index in [9.17, 15) is 4.79 Å². The molecule has 0 saturated carbocycles. The van der Waals surface area contributed by atoms with Crippen molar-refractivity contribution in [1.82, 2.24) is 4.90 Å². The largest absolute Gasteiger partial charge is 0.384 e. The van der Waals surface area contributed by atoms with Crippen LogP contribution in [0.2, 0.25) is 0 Å². The molecule has 0 aliphatic rings. The molecule has 1 aromatic carbocycles. The zero-order valence-electron chi connectivity index (χ0n) is 11.9. The normalized spacial score (nSPS) is 12.0. The second kappa shape index (κ2) is 7.04. The lowest BCUT2D eigenvalue weighted by molar-refractivity contribution is 0.0828. The molecule has 100 valence electrons. The molecule has 0 spiro atoms. The summed E-state index contributed by atoms with van der Waals surface area (Å²) in [6.45, 7) is 5.33. The molecule has 1 aromatic rings. The number of rotatable bonds is 6. The van der Waals surface area contributed by atoms with Crippen LogP contribution in [0.25, 0.3) is 0 Å². The summed E-state index contributed by atoms with van der Waals surface area (Å²) in [6.07, 6.45) is 2.40. The third-order valence-electron chi connectivity index (χ3n) is 2.99. The summed E-state index contributed by atoms with van der Waals surface area (Å²) in [7, 11) is 3.55. The molecule has 3 nitrogen and oxygen atoms in total. The molecule has 1 rings (SSSR count). The number of carbonyl (C=O) groups is 1. The van der Waals surface area contributed by atoms with Crippen molar-refractivity contribution >= 4 is 11.6 Å². The summed E-state index contributed by atoms with van der Waals surface area (Å²) in [6, 6.07) is 7.70. The summed E-state index contributed by atoms with van der Waals surface area (Å²) < 4.78 is 0. The molecule has 0 aliphatic carbocycles. The maximum absolute atomic E-state index is 12.0. The minimum atomic E-state index is 0.0428. The number of anilines is 1. The molecule has 0 aliphatic heterocycles. The first-order chi connectivity index (χ1) is 8.56. The third-order valence-corrected chi connectivity index (χ3v) is 2.99. The predicted octanol–water partition coefficient (Wildman–Crippen LogP) is 3.24. The van der Waals surface area contributed by atoms with Crippen LogP contribution in [0.4, 0.5) is 5.69 Å². The summed E-state index contributed by atoms with van der Waals surface area (Å²) in [5, 5.41) is 3.39. The Morgan fingerprint density at radius 1 is 1.33 bits per heavy atom. The number of nitrogens with zero attached hydrogens (tertiary/aromatic N) is 1. The quantitative estimate of drug-likeness (QED) is 0.838. The Hall–Kier alpha value is -1.51. The number of nitrogens with one attached hydrogen (secondary N) is 1. The highest BCUT2D eigenvalue weighted by Gasteiger charge is 2.12. The Balaban J connectivity index is 2.73. The predicted molar refractivity (Wildman–Crippen MR) is 77.0 cm³/mol. The highest BCUT2D eigenvalue weighted by molar-refractivity contribution is 5.99. The van der Waals surface area contributed by atoms with Crippen LogP contribution in [0.1, 0.15) is 37.0 Å². The molecule has 0 bridgehead atoms. The Bertz CT molecular complexity index is 388. The molecule has 0 saturated heterocycles. The second-order valence-corrected chi connectivity index (χ2v) is 5.02. The van der Waals surface area contributed by atoms with Crippen molar-refractivity contribution in [3.8, 4) is 0 Å². The molecular weight excluding hydrogens is 224 g/mol. The fourth-order valence-corrected chi connectivity index (χ4v) is 1.94. The number of amides is 1. The van der Waals surface area contributed by atoms with Crippen LogP contribution in [-0.4, -0.2) is 31.4 Å². The Kier molecular flexibility index (Phi) is 5.69. The van der Waals surface area contributed by atoms with Crippen molar-refractivity contribution in [1.29, 1.82) is 0 Å². The molecule has 0 aromatic heterocycles. The van der Waals surface area contributed by atoms with E-state index in [1.54, 1.807) is 19.0 Å². The van der Waals surface area contributed by atoms with Gasteiger partial charge in [0.05, 0.1) is 5.56 Å². The standard InChI is InChI=1S/C15H24N2O/c1-5-8-12(2)11-16-14-10-7-6-9-13(14)15(18)17(3)4/h6-7,9-10,12,16H,5,8,11H2,1-4H3. The molecule has 0 fully saturated rings. The van der Waals surface area contributed by atoms with E-state index < -0.39 is 0 Å². The van der Waals surface area contributed by atoms with Gasteiger partial charge in [-0.15, -0.1) is 0 Å². The average Bonchev–Trinajstić information content (AvgIpc) is 2.36. The fraction of sp³-hybridized carbons (Fsp3) is 0.533. The number of carbonyl (C=O) groups excluding carboxylic acids is 1. The van der Waals surface area contributed by atoms with Gasteiger partial charge in [-0.05, 0) is 24.5 Å². The maximum atomic E-state index is 12.0. The lowest BCUT2D eigenvalue weighted by Gasteiger charge is -2.17. The Morgan fingerprint density at radius 3 is 2.61 bits per heavy atom. The average molecular weight is 248 g/mol. The van der Waals surface area contributed by atoms with E-state index in [-0.39, 0.29) is 5.91 Å². The van der Waals surface area contributed by atoms with Crippen LogP contribution in [-0.2, 0) is 0 Å². The van der Waals surface area contributed by atoms with Crippen LogP contribution in [0.15, 0.2) is 24.3 Å². The topological polar surface area (TPSA) is 32.3 Å². The molecule has 1 atom stereocenters. The first kappa shape index (κ1) is 14.6. The molecule has 1 unspecified atom stereocenters. The van der Waals surface area contributed by atoms with Gasteiger partial charge in [-0.2, -0.15) is 0 Å². The highest BCUT2D eigenvalue weighted by Crippen LogP contribution is 2.17. The van der Waals surface area contributed by atoms with Gasteiger partial charge in [0, 0.05) is 26.3 Å². The summed E-state index contributed by atoms with van der Waals surface area (Å²) in [5.74, 6) is 0.666. The lowest BCUT2D eigenvalue weighted by Crippen LogP contribution is -2.23. The smallest absolute Gasteiger partial charge is 0.255 e. The van der Waals surface area contributed by atoms with Crippen LogP contribution < -0.4 is 5.32 Å². The van der Waals surface area contributed by atoms with E-state index in [1.165, 1.54) is 12.8 Å². The zero-order chi connectivity index (χ0) is 13.5. The van der Waals surface area contributed by atoms with Crippen molar-refractivity contribution in [2.45, 2.75) is 26.7 Å². The number of para-hydroxylation sites is 1. The molecule has 0 heterocycles. The van der Waals surface area contributed by atoms with Crippen molar-refractivity contribution in [2.24, 2.45) is 5.92 Å². The van der Waals surface area contributed by atoms with Gasteiger partial charge in [0.1, 0.15) is 0 Å². The Morgan fingerprint density at radius 2 is 2.00 bits per heavy atom. The zero-order valence-corrected chi connectivity index (χ0v) is 11.9. The van der Waals surface area contributed by atoms with Crippen molar-refractivity contribution in [3.05, 3.63) is 29.8 Å². The minimum Gasteiger partial charge on any atom is -0.384 e. The van der Waals surface area contributed by atoms with Crippen LogP contribution in [0.5, 0.6) is 0 Å². The van der Waals surface area contributed by atoms with Crippen molar-refractivity contribution < 1.29 is 4.79 Å². The number of benzene rings is 1. The second-order valence-electron chi connectivity index (χ2n) is 5.02. The van der Waals surface area contributed by atoms with Crippen molar-refractivity contribution in [3.63, 3.8) is 0 Å². The Labute approximate surface area is 110 Å². The molecular formula is C15H24N2O. The van der Waals surface area contributed by atoms with Gasteiger partial charge >= 0.3 is 0 Å². The van der Waals surface area contributed by atoms with Gasteiger partial charge in [-0.3, -0.25) is 4.79 Å². The van der Waals surface area contributed by atoms with E-state index >= 15 is 0 Å². The van der Waals surface area contributed by atoms with Gasteiger partial charge in [0.25, 0.3) is 5.91 Å². The fourth-order valence-electron chi connectivity index (χ4n) is 1.94. The summed E-state index contributed by atoms with van der Waals surface area (Å²) in [4.78, 5) is 13.6. The minimum absolute atomic E-state index is 0.0428. The van der Waals surface area contributed by atoms with E-state index in [1.807, 2.05) is 24.3 Å². The van der Waals surface area contributed by atoms with E-state index in [0.29, 0.717) is 5.92 Å². The first-order valence-electron chi connectivity index (χ1n) is 6.60. The van der Waals surface area contributed by atoms with Crippen LogP contribution >= 0.6 is 0 Å². The van der Waals surface area contributed by atoms with Gasteiger partial charge < -0.3 is 10.2 Å². The van der Waals surface area contributed by atoms with Gasteiger partial charge in [0.2, 0.25) is 0 Å². The third kappa shape index (κ3) is 4.06. The molecule has 18 heavy (non-hydrogen) atoms. The highest BCUT2D eigenvalue weighted by atomic mass is 16.2. The van der Waals surface area contributed by atoms with Crippen LogP contribution in [0.3, 0.4) is 0 Å². The maximum Gasteiger partial charge on any atom is 0.255 e. The lowest BCUT2D eigenvalue weighted by atomic mass is 10.1. The van der Waals surface area contributed by atoms with Crippen LogP contribution in [0, 0.1) is 5.92 Å². The van der Waals surface area contributed by atoms with Crippen molar-refractivity contribution in [2.75, 3.05) is 26.0 Å². The van der Waals surface area contributed by atoms with Gasteiger partial charge in [-0.25, -0.2) is 0 Å². The van der Waals surface area contributed by atoms with Gasteiger partial charge in [-0.1, -0.05) is 32.4 Å². The van der Waals surface area contributed by atoms with E-state index in [2.05, 4.69) is 19.2 Å². The summed E-state index contributed by atoms with van der Waals surface area (Å²) in [5.41, 5.74) is 1.67. The molecule has 3 heteroatoms. The molecule has 1 amide bonds. The van der Waals surface area contributed by atoms with E-state index in [0.717, 1.165) is 17.8 Å².